The first-order valence-electron chi connectivity index (χ1n) is 4.89. The number of hydrogen-bond acceptors (Lipinski definition) is 2. The molecule has 0 saturated heterocycles. The average Bonchev–Trinajstić information content (AvgIpc) is 2.67. The highest BCUT2D eigenvalue weighted by Crippen LogP contribution is 2.34. The van der Waals surface area contributed by atoms with Gasteiger partial charge >= 0.3 is 0 Å². The van der Waals surface area contributed by atoms with E-state index in [4.69, 9.17) is 11.6 Å². The van der Waals surface area contributed by atoms with E-state index in [9.17, 15) is 0 Å². The second kappa shape index (κ2) is 5.32. The molecule has 0 aliphatic rings. The van der Waals surface area contributed by atoms with E-state index in [1.165, 1.54) is 9.75 Å². The van der Waals surface area contributed by atoms with E-state index >= 15 is 0 Å². The third-order valence-electron chi connectivity index (χ3n) is 2.21. The molecule has 0 aliphatic carbocycles. The number of thiophene rings is 1. The van der Waals surface area contributed by atoms with Crippen molar-refractivity contribution in [2.45, 2.75) is 6.54 Å². The van der Waals surface area contributed by atoms with Crippen molar-refractivity contribution >= 4 is 38.9 Å². The molecule has 1 heterocycles. The van der Waals surface area contributed by atoms with E-state index in [-0.39, 0.29) is 0 Å². The molecule has 84 valence electrons. The summed E-state index contributed by atoms with van der Waals surface area (Å²) in [5.41, 5.74) is 1.09. The van der Waals surface area contributed by atoms with Gasteiger partial charge in [-0.25, -0.2) is 0 Å². The van der Waals surface area contributed by atoms with Crippen LogP contribution in [0.25, 0.3) is 10.4 Å². The van der Waals surface area contributed by atoms with Crippen LogP contribution in [-0.4, -0.2) is 7.05 Å². The molecule has 0 radical (unpaired) electrons. The van der Waals surface area contributed by atoms with Crippen LogP contribution in [0.15, 0.2) is 34.8 Å². The number of rotatable bonds is 3. The van der Waals surface area contributed by atoms with Gasteiger partial charge in [0.15, 0.2) is 0 Å². The van der Waals surface area contributed by atoms with Gasteiger partial charge in [0.1, 0.15) is 0 Å². The first kappa shape index (κ1) is 12.1. The predicted octanol–water partition coefficient (Wildman–Crippen LogP) is 4.55. The van der Waals surface area contributed by atoms with Crippen molar-refractivity contribution in [3.63, 3.8) is 0 Å². The predicted molar refractivity (Wildman–Crippen MR) is 75.2 cm³/mol. The van der Waals surface area contributed by atoms with Crippen molar-refractivity contribution in [3.8, 4) is 10.4 Å². The maximum atomic E-state index is 6.21. The fourth-order valence-corrected chi connectivity index (χ4v) is 3.37. The van der Waals surface area contributed by atoms with Crippen molar-refractivity contribution in [1.29, 1.82) is 0 Å². The van der Waals surface area contributed by atoms with Crippen LogP contribution in [-0.2, 0) is 6.54 Å². The van der Waals surface area contributed by atoms with Crippen LogP contribution in [0, 0.1) is 0 Å². The maximum absolute atomic E-state index is 6.21. The molecule has 4 heteroatoms. The summed E-state index contributed by atoms with van der Waals surface area (Å²) in [5, 5.41) is 3.93. The Labute approximate surface area is 113 Å². The Balaban J connectivity index is 2.35. The number of nitrogens with one attached hydrogen (secondary N) is 1. The monoisotopic (exact) mass is 315 g/mol. The first-order valence-corrected chi connectivity index (χ1v) is 6.88. The van der Waals surface area contributed by atoms with Gasteiger partial charge in [-0.2, -0.15) is 0 Å². The Morgan fingerprint density at radius 1 is 1.31 bits per heavy atom. The van der Waals surface area contributed by atoms with Gasteiger partial charge in [-0.1, -0.05) is 33.6 Å². The summed E-state index contributed by atoms with van der Waals surface area (Å²) in [5.74, 6) is 0. The summed E-state index contributed by atoms with van der Waals surface area (Å²) in [6.45, 7) is 0.902. The topological polar surface area (TPSA) is 12.0 Å². The molecule has 0 aliphatic heterocycles. The molecular formula is C12H11BrClNS. The third-order valence-corrected chi connectivity index (χ3v) is 4.13. The zero-order valence-corrected chi connectivity index (χ0v) is 11.9. The van der Waals surface area contributed by atoms with Gasteiger partial charge in [0.05, 0.1) is 5.02 Å². The molecule has 0 saturated carbocycles. The molecule has 0 spiro atoms. The van der Waals surface area contributed by atoms with E-state index in [0.717, 1.165) is 21.6 Å². The molecule has 0 unspecified atom stereocenters. The lowest BCUT2D eigenvalue weighted by atomic mass is 10.2. The van der Waals surface area contributed by atoms with Gasteiger partial charge in [-0.15, -0.1) is 11.3 Å². The molecule has 1 aromatic carbocycles. The molecule has 1 N–H and O–H groups in total. The average molecular weight is 317 g/mol. The number of halogens is 2. The van der Waals surface area contributed by atoms with Crippen LogP contribution in [0.3, 0.4) is 0 Å². The normalized spacial score (nSPS) is 10.7. The Bertz CT molecular complexity index is 496. The summed E-state index contributed by atoms with van der Waals surface area (Å²) in [6, 6.07) is 10.2. The molecule has 1 aromatic heterocycles. The summed E-state index contributed by atoms with van der Waals surface area (Å²) in [7, 11) is 1.95. The van der Waals surface area contributed by atoms with E-state index in [2.05, 4.69) is 33.4 Å². The number of benzene rings is 1. The largest absolute Gasteiger partial charge is 0.315 e. The molecule has 0 fully saturated rings. The Morgan fingerprint density at radius 2 is 2.12 bits per heavy atom. The van der Waals surface area contributed by atoms with Crippen LogP contribution in [0.2, 0.25) is 5.02 Å². The lowest BCUT2D eigenvalue weighted by Gasteiger charge is -2.01. The SMILES string of the molecule is CNCc1ccc(-c2ccc(Br)cc2Cl)s1. The third kappa shape index (κ3) is 2.66. The summed E-state index contributed by atoms with van der Waals surface area (Å²) >= 11 is 11.4. The van der Waals surface area contributed by atoms with Gasteiger partial charge in [0.25, 0.3) is 0 Å². The van der Waals surface area contributed by atoms with Gasteiger partial charge in [-0.3, -0.25) is 0 Å². The van der Waals surface area contributed by atoms with Gasteiger partial charge in [-0.05, 0) is 31.3 Å². The van der Waals surface area contributed by atoms with Crippen molar-refractivity contribution in [2.24, 2.45) is 0 Å². The molecule has 1 nitrogen and oxygen atoms in total. The minimum Gasteiger partial charge on any atom is -0.315 e. The van der Waals surface area contributed by atoms with Gasteiger partial charge in [0.2, 0.25) is 0 Å². The molecule has 0 atom stereocenters. The lowest BCUT2D eigenvalue weighted by molar-refractivity contribution is 0.831. The standard InChI is InChI=1S/C12H11BrClNS/c1-15-7-9-3-5-12(16-9)10-4-2-8(13)6-11(10)14/h2-6,15H,7H2,1H3. The molecule has 2 aromatic rings. The molecule has 16 heavy (non-hydrogen) atoms. The zero-order chi connectivity index (χ0) is 11.5. The maximum Gasteiger partial charge on any atom is 0.0503 e. The Kier molecular flexibility index (Phi) is 4.03. The van der Waals surface area contributed by atoms with E-state index < -0.39 is 0 Å². The first-order chi connectivity index (χ1) is 7.70. The smallest absolute Gasteiger partial charge is 0.0503 e. The van der Waals surface area contributed by atoms with Crippen molar-refractivity contribution in [2.75, 3.05) is 7.05 Å². The highest BCUT2D eigenvalue weighted by molar-refractivity contribution is 9.10. The van der Waals surface area contributed by atoms with Crippen LogP contribution in [0.1, 0.15) is 4.88 Å². The molecule has 0 bridgehead atoms. The number of hydrogen-bond donors (Lipinski definition) is 1. The molecule has 0 amide bonds. The van der Waals surface area contributed by atoms with E-state index in [0.29, 0.717) is 0 Å². The highest BCUT2D eigenvalue weighted by Gasteiger charge is 2.06. The van der Waals surface area contributed by atoms with Crippen molar-refractivity contribution in [3.05, 3.63) is 44.7 Å². The highest BCUT2D eigenvalue weighted by atomic mass is 79.9. The second-order valence-corrected chi connectivity index (χ2v) is 5.91. The minimum absolute atomic E-state index is 0.784. The second-order valence-electron chi connectivity index (χ2n) is 3.42. The fraction of sp³-hybridized carbons (Fsp3) is 0.167. The van der Waals surface area contributed by atoms with Crippen molar-refractivity contribution < 1.29 is 0 Å². The Morgan fingerprint density at radius 3 is 2.81 bits per heavy atom. The van der Waals surface area contributed by atoms with E-state index in [1.54, 1.807) is 11.3 Å². The quantitative estimate of drug-likeness (QED) is 0.876. The zero-order valence-electron chi connectivity index (χ0n) is 8.76. The molecule has 2 rings (SSSR count). The summed E-state index contributed by atoms with van der Waals surface area (Å²) in [4.78, 5) is 2.53. The lowest BCUT2D eigenvalue weighted by Crippen LogP contribution is -2.02. The minimum atomic E-state index is 0.784. The van der Waals surface area contributed by atoms with Crippen LogP contribution >= 0.6 is 38.9 Å². The van der Waals surface area contributed by atoms with Crippen LogP contribution in [0.5, 0.6) is 0 Å². The van der Waals surface area contributed by atoms with Crippen LogP contribution in [0.4, 0.5) is 0 Å². The summed E-state index contributed by atoms with van der Waals surface area (Å²) in [6.07, 6.45) is 0. The Hall–Kier alpha value is -0.350. The molecular weight excluding hydrogens is 306 g/mol. The fourth-order valence-electron chi connectivity index (χ4n) is 1.48. The van der Waals surface area contributed by atoms with Gasteiger partial charge in [0, 0.05) is 26.3 Å². The van der Waals surface area contributed by atoms with Crippen molar-refractivity contribution in [1.82, 2.24) is 5.32 Å². The summed E-state index contributed by atoms with van der Waals surface area (Å²) < 4.78 is 1.01. The van der Waals surface area contributed by atoms with Crippen LogP contribution < -0.4 is 5.32 Å². The van der Waals surface area contributed by atoms with Gasteiger partial charge < -0.3 is 5.32 Å². The van der Waals surface area contributed by atoms with E-state index in [1.807, 2.05) is 25.2 Å².